The highest BCUT2D eigenvalue weighted by atomic mass is 16.5. The number of H-pyrrole nitrogens is 1. The largest absolute Gasteiger partial charge is 0.466 e. The number of ether oxygens (including phenoxy) is 1. The zero-order chi connectivity index (χ0) is 11.4. The van der Waals surface area contributed by atoms with Gasteiger partial charge in [0, 0.05) is 13.1 Å². The summed E-state index contributed by atoms with van der Waals surface area (Å²) in [6.45, 7) is 1.61. The van der Waals surface area contributed by atoms with E-state index in [0.717, 1.165) is 25.9 Å². The Labute approximate surface area is 93.2 Å². The van der Waals surface area contributed by atoms with E-state index in [-0.39, 0.29) is 12.0 Å². The quantitative estimate of drug-likeness (QED) is 0.781. The molecule has 0 aliphatic carbocycles. The Morgan fingerprint density at radius 3 is 2.81 bits per heavy atom. The van der Waals surface area contributed by atoms with E-state index in [1.54, 1.807) is 4.90 Å². The second-order valence-corrected chi connectivity index (χ2v) is 3.65. The summed E-state index contributed by atoms with van der Waals surface area (Å²) in [5.41, 5.74) is 0. The molecular formula is C9H15N5O2. The van der Waals surface area contributed by atoms with Gasteiger partial charge in [-0.2, -0.15) is 4.98 Å². The molecule has 0 radical (unpaired) electrons. The van der Waals surface area contributed by atoms with Crippen molar-refractivity contribution in [2.75, 3.05) is 25.5 Å². The normalized spacial score (nSPS) is 15.9. The number of anilines is 1. The van der Waals surface area contributed by atoms with Crippen LogP contribution in [0.4, 0.5) is 10.7 Å². The predicted octanol–water partition coefficient (Wildman–Crippen LogP) is 0.831. The van der Waals surface area contributed by atoms with E-state index >= 15 is 0 Å². The third kappa shape index (κ3) is 2.41. The molecule has 16 heavy (non-hydrogen) atoms. The van der Waals surface area contributed by atoms with Gasteiger partial charge in [-0.1, -0.05) is 0 Å². The molecule has 1 aromatic heterocycles. The van der Waals surface area contributed by atoms with Crippen LogP contribution in [0.15, 0.2) is 0 Å². The van der Waals surface area contributed by atoms with Crippen LogP contribution in [0.3, 0.4) is 0 Å². The highest BCUT2D eigenvalue weighted by Gasteiger charge is 2.17. The van der Waals surface area contributed by atoms with Crippen LogP contribution in [0.2, 0.25) is 0 Å². The van der Waals surface area contributed by atoms with Gasteiger partial charge in [0.2, 0.25) is 5.95 Å². The Morgan fingerprint density at radius 2 is 2.19 bits per heavy atom. The van der Waals surface area contributed by atoms with Gasteiger partial charge >= 0.3 is 12.0 Å². The maximum Gasteiger partial charge on any atom is 0.336 e. The lowest BCUT2D eigenvalue weighted by atomic mass is 10.1. The molecule has 2 N–H and O–H groups in total. The standard InChI is InChI=1S/C9H15N5O2/c1-16-8-10-7(12-13-8)11-9(15)14-5-3-2-4-6-14/h2-6H2,1H3,(H2,10,11,12,13,15). The number of likely N-dealkylation sites (tertiary alicyclic amines) is 1. The minimum absolute atomic E-state index is 0.140. The van der Waals surface area contributed by atoms with E-state index in [1.807, 2.05) is 0 Å². The van der Waals surface area contributed by atoms with Crippen LogP contribution < -0.4 is 10.1 Å². The number of amides is 2. The summed E-state index contributed by atoms with van der Waals surface area (Å²) >= 11 is 0. The van der Waals surface area contributed by atoms with Crippen molar-refractivity contribution in [2.24, 2.45) is 0 Å². The number of hydrogen-bond acceptors (Lipinski definition) is 4. The second-order valence-electron chi connectivity index (χ2n) is 3.65. The molecule has 1 aliphatic rings. The van der Waals surface area contributed by atoms with Crippen LogP contribution in [-0.4, -0.2) is 46.3 Å². The summed E-state index contributed by atoms with van der Waals surface area (Å²) in [5, 5.41) is 8.97. The number of aromatic nitrogens is 3. The molecule has 2 heterocycles. The third-order valence-corrected chi connectivity index (χ3v) is 2.52. The number of aromatic amines is 1. The predicted molar refractivity (Wildman–Crippen MR) is 57.4 cm³/mol. The molecule has 1 aromatic rings. The number of rotatable bonds is 2. The minimum Gasteiger partial charge on any atom is -0.466 e. The molecule has 2 amide bonds. The Morgan fingerprint density at radius 1 is 1.44 bits per heavy atom. The minimum atomic E-state index is -0.140. The lowest BCUT2D eigenvalue weighted by molar-refractivity contribution is 0.200. The average Bonchev–Trinajstić information content (AvgIpc) is 2.78. The van der Waals surface area contributed by atoms with E-state index in [0.29, 0.717) is 5.95 Å². The van der Waals surface area contributed by atoms with Gasteiger partial charge in [-0.15, -0.1) is 5.10 Å². The van der Waals surface area contributed by atoms with Crippen molar-refractivity contribution in [1.82, 2.24) is 20.1 Å². The van der Waals surface area contributed by atoms with Gasteiger partial charge in [-0.25, -0.2) is 9.89 Å². The van der Waals surface area contributed by atoms with E-state index in [1.165, 1.54) is 13.5 Å². The van der Waals surface area contributed by atoms with E-state index in [9.17, 15) is 4.79 Å². The summed E-state index contributed by atoms with van der Waals surface area (Å²) in [6.07, 6.45) is 3.32. The molecule has 0 unspecified atom stereocenters. The number of nitrogens with one attached hydrogen (secondary N) is 2. The molecule has 0 saturated carbocycles. The van der Waals surface area contributed by atoms with Crippen molar-refractivity contribution in [1.29, 1.82) is 0 Å². The summed E-state index contributed by atoms with van der Waals surface area (Å²) < 4.78 is 4.80. The van der Waals surface area contributed by atoms with Crippen LogP contribution in [0, 0.1) is 0 Å². The highest BCUT2D eigenvalue weighted by molar-refractivity contribution is 5.87. The van der Waals surface area contributed by atoms with Gasteiger partial charge in [0.05, 0.1) is 7.11 Å². The number of methoxy groups -OCH3 is 1. The molecule has 88 valence electrons. The van der Waals surface area contributed by atoms with Crippen molar-refractivity contribution in [3.8, 4) is 6.01 Å². The fourth-order valence-electron chi connectivity index (χ4n) is 1.67. The molecule has 1 fully saturated rings. The number of carbonyl (C=O) groups excluding carboxylic acids is 1. The molecule has 7 nitrogen and oxygen atoms in total. The topological polar surface area (TPSA) is 83.1 Å². The first-order valence-electron chi connectivity index (χ1n) is 5.32. The van der Waals surface area contributed by atoms with Crippen LogP contribution in [-0.2, 0) is 0 Å². The SMILES string of the molecule is COc1n[nH]c(NC(=O)N2CCCCC2)n1. The lowest BCUT2D eigenvalue weighted by Crippen LogP contribution is -2.38. The number of nitrogens with zero attached hydrogens (tertiary/aromatic N) is 3. The first-order chi connectivity index (χ1) is 7.79. The number of piperidine rings is 1. The van der Waals surface area contributed by atoms with E-state index < -0.39 is 0 Å². The Hall–Kier alpha value is -1.79. The number of carbonyl (C=O) groups is 1. The smallest absolute Gasteiger partial charge is 0.336 e. The first-order valence-corrected chi connectivity index (χ1v) is 5.32. The van der Waals surface area contributed by atoms with Gasteiger partial charge in [0.1, 0.15) is 0 Å². The third-order valence-electron chi connectivity index (χ3n) is 2.52. The fourth-order valence-corrected chi connectivity index (χ4v) is 1.67. The average molecular weight is 225 g/mol. The summed E-state index contributed by atoms with van der Waals surface area (Å²) in [4.78, 5) is 17.4. The maximum atomic E-state index is 11.8. The van der Waals surface area contributed by atoms with E-state index in [4.69, 9.17) is 4.74 Å². The van der Waals surface area contributed by atoms with Crippen molar-refractivity contribution >= 4 is 12.0 Å². The van der Waals surface area contributed by atoms with Crippen LogP contribution >= 0.6 is 0 Å². The molecule has 0 aromatic carbocycles. The van der Waals surface area contributed by atoms with Crippen LogP contribution in [0.5, 0.6) is 6.01 Å². The van der Waals surface area contributed by atoms with Crippen LogP contribution in [0.1, 0.15) is 19.3 Å². The molecule has 0 atom stereocenters. The summed E-state index contributed by atoms with van der Waals surface area (Å²) in [6, 6.07) is 0.0763. The summed E-state index contributed by atoms with van der Waals surface area (Å²) in [5.74, 6) is 0.312. The fraction of sp³-hybridized carbons (Fsp3) is 0.667. The lowest BCUT2D eigenvalue weighted by Gasteiger charge is -2.26. The molecule has 7 heteroatoms. The van der Waals surface area contributed by atoms with Crippen molar-refractivity contribution in [3.63, 3.8) is 0 Å². The van der Waals surface area contributed by atoms with Gasteiger partial charge in [0.25, 0.3) is 0 Å². The van der Waals surface area contributed by atoms with E-state index in [2.05, 4.69) is 20.5 Å². The zero-order valence-electron chi connectivity index (χ0n) is 9.19. The monoisotopic (exact) mass is 225 g/mol. The molecule has 0 bridgehead atoms. The van der Waals surface area contributed by atoms with Gasteiger partial charge < -0.3 is 9.64 Å². The maximum absolute atomic E-state index is 11.8. The Kier molecular flexibility index (Phi) is 3.23. The van der Waals surface area contributed by atoms with Crippen LogP contribution in [0.25, 0.3) is 0 Å². The molecule has 0 spiro atoms. The van der Waals surface area contributed by atoms with Gasteiger partial charge in [0.15, 0.2) is 0 Å². The Bertz CT molecular complexity index is 359. The zero-order valence-corrected chi connectivity index (χ0v) is 9.19. The molecule has 2 rings (SSSR count). The summed E-state index contributed by atoms with van der Waals surface area (Å²) in [7, 11) is 1.47. The van der Waals surface area contributed by atoms with Gasteiger partial charge in [-0.3, -0.25) is 5.32 Å². The molecular weight excluding hydrogens is 210 g/mol. The Balaban J connectivity index is 1.90. The van der Waals surface area contributed by atoms with Crippen molar-refractivity contribution in [2.45, 2.75) is 19.3 Å². The second kappa shape index (κ2) is 4.82. The first kappa shape index (κ1) is 10.7. The molecule has 1 saturated heterocycles. The van der Waals surface area contributed by atoms with Gasteiger partial charge in [-0.05, 0) is 19.3 Å². The molecule has 1 aliphatic heterocycles. The van der Waals surface area contributed by atoms with Crippen molar-refractivity contribution in [3.05, 3.63) is 0 Å². The number of hydrogen-bond donors (Lipinski definition) is 2. The van der Waals surface area contributed by atoms with Crippen molar-refractivity contribution < 1.29 is 9.53 Å². The highest BCUT2D eigenvalue weighted by Crippen LogP contribution is 2.11. The number of urea groups is 1.